The molecule has 1 aromatic rings. The van der Waals surface area contributed by atoms with Gasteiger partial charge in [0.2, 0.25) is 0 Å². The number of ether oxygens (including phenoxy) is 1. The third kappa shape index (κ3) is 5.26. The molecule has 0 spiro atoms. The maximum absolute atomic E-state index is 6.30. The highest BCUT2D eigenvalue weighted by atomic mass is 35.5. The molecule has 0 aliphatic carbocycles. The molecule has 1 fully saturated rings. The van der Waals surface area contributed by atoms with E-state index in [1.54, 1.807) is 0 Å². The summed E-state index contributed by atoms with van der Waals surface area (Å²) in [6.07, 6.45) is 3.47. The number of hydrogen-bond donors (Lipinski definition) is 1. The first-order valence-electron chi connectivity index (χ1n) is 7.88. The number of nitrogens with zero attached hydrogens (tertiary/aromatic N) is 1. The summed E-state index contributed by atoms with van der Waals surface area (Å²) in [5, 5.41) is 4.24. The molecule has 0 amide bonds. The summed E-state index contributed by atoms with van der Waals surface area (Å²) in [4.78, 5) is 2.44. The molecule has 1 saturated heterocycles. The van der Waals surface area contributed by atoms with Crippen LogP contribution >= 0.6 is 11.6 Å². The van der Waals surface area contributed by atoms with Crippen LogP contribution in [0.15, 0.2) is 24.3 Å². The molecule has 1 N–H and O–H groups in total. The number of hydrogen-bond acceptors (Lipinski definition) is 3. The molecule has 1 unspecified atom stereocenters. The van der Waals surface area contributed by atoms with Crippen molar-refractivity contribution >= 4 is 11.6 Å². The van der Waals surface area contributed by atoms with Crippen LogP contribution in [-0.2, 0) is 4.74 Å². The lowest BCUT2D eigenvalue weighted by atomic mass is 9.99. The third-order valence-electron chi connectivity index (χ3n) is 4.34. The lowest BCUT2D eigenvalue weighted by molar-refractivity contribution is 0.0553. The smallest absolute Gasteiger partial charge is 0.0469 e. The normalized spacial score (nSPS) is 18.1. The van der Waals surface area contributed by atoms with Gasteiger partial charge in [0, 0.05) is 30.8 Å². The first kappa shape index (κ1) is 16.8. The quantitative estimate of drug-likeness (QED) is 0.836. The molecule has 21 heavy (non-hydrogen) atoms. The Morgan fingerprint density at radius 3 is 2.71 bits per heavy atom. The molecule has 1 heterocycles. The average Bonchev–Trinajstić information content (AvgIpc) is 2.50. The fourth-order valence-electron chi connectivity index (χ4n) is 3.02. The van der Waals surface area contributed by atoms with E-state index in [1.807, 2.05) is 19.2 Å². The van der Waals surface area contributed by atoms with Crippen molar-refractivity contribution in [2.24, 2.45) is 5.92 Å². The van der Waals surface area contributed by atoms with Gasteiger partial charge in [-0.2, -0.15) is 0 Å². The van der Waals surface area contributed by atoms with E-state index in [9.17, 15) is 0 Å². The zero-order valence-electron chi connectivity index (χ0n) is 13.1. The molecule has 0 aromatic heterocycles. The van der Waals surface area contributed by atoms with Gasteiger partial charge >= 0.3 is 0 Å². The predicted molar refractivity (Wildman–Crippen MR) is 88.9 cm³/mol. The maximum Gasteiger partial charge on any atom is 0.0469 e. The molecule has 0 radical (unpaired) electrons. The zero-order chi connectivity index (χ0) is 15.1. The molecule has 1 aliphatic rings. The Kier molecular flexibility index (Phi) is 6.97. The van der Waals surface area contributed by atoms with Gasteiger partial charge in [0.15, 0.2) is 0 Å². The fraction of sp³-hybridized carbons (Fsp3) is 0.647. The predicted octanol–water partition coefficient (Wildman–Crippen LogP) is 3.35. The van der Waals surface area contributed by atoms with Gasteiger partial charge in [0.05, 0.1) is 0 Å². The van der Waals surface area contributed by atoms with Gasteiger partial charge in [-0.3, -0.25) is 0 Å². The Labute approximate surface area is 133 Å². The summed E-state index contributed by atoms with van der Waals surface area (Å²) < 4.78 is 5.42. The van der Waals surface area contributed by atoms with Crippen LogP contribution in [-0.4, -0.2) is 45.3 Å². The van der Waals surface area contributed by atoms with Gasteiger partial charge in [-0.25, -0.2) is 0 Å². The molecular weight excluding hydrogens is 284 g/mol. The second kappa shape index (κ2) is 8.74. The Hall–Kier alpha value is -0.610. The van der Waals surface area contributed by atoms with Gasteiger partial charge in [0.1, 0.15) is 0 Å². The van der Waals surface area contributed by atoms with E-state index in [-0.39, 0.29) is 0 Å². The molecular formula is C17H27ClN2O. The van der Waals surface area contributed by atoms with Gasteiger partial charge in [0.25, 0.3) is 0 Å². The van der Waals surface area contributed by atoms with E-state index in [0.29, 0.717) is 6.04 Å². The van der Waals surface area contributed by atoms with E-state index in [1.165, 1.54) is 24.9 Å². The van der Waals surface area contributed by atoms with Crippen LogP contribution in [0.3, 0.4) is 0 Å². The third-order valence-corrected chi connectivity index (χ3v) is 4.68. The lowest BCUT2D eigenvalue weighted by Crippen LogP contribution is -2.32. The maximum atomic E-state index is 6.30. The Morgan fingerprint density at radius 1 is 1.33 bits per heavy atom. The molecule has 3 nitrogen and oxygen atoms in total. The van der Waals surface area contributed by atoms with Crippen LogP contribution in [0.2, 0.25) is 5.02 Å². The molecule has 1 aromatic carbocycles. The van der Waals surface area contributed by atoms with E-state index in [0.717, 1.165) is 37.1 Å². The van der Waals surface area contributed by atoms with Gasteiger partial charge in [-0.15, -0.1) is 0 Å². The Morgan fingerprint density at radius 2 is 2.05 bits per heavy atom. The molecule has 0 saturated carbocycles. The highest BCUT2D eigenvalue weighted by Crippen LogP contribution is 2.25. The highest BCUT2D eigenvalue weighted by Gasteiger charge is 2.17. The van der Waals surface area contributed by atoms with Gasteiger partial charge < -0.3 is 15.0 Å². The summed E-state index contributed by atoms with van der Waals surface area (Å²) in [6, 6.07) is 8.43. The molecule has 118 valence electrons. The van der Waals surface area contributed by atoms with Crippen molar-refractivity contribution in [1.29, 1.82) is 0 Å². The van der Waals surface area contributed by atoms with Gasteiger partial charge in [-0.1, -0.05) is 29.8 Å². The van der Waals surface area contributed by atoms with Gasteiger partial charge in [-0.05, 0) is 57.5 Å². The van der Waals surface area contributed by atoms with Crippen LogP contribution in [0.25, 0.3) is 0 Å². The van der Waals surface area contributed by atoms with Crippen molar-refractivity contribution in [2.45, 2.75) is 25.3 Å². The summed E-state index contributed by atoms with van der Waals surface area (Å²) >= 11 is 6.30. The second-order valence-electron chi connectivity index (χ2n) is 5.97. The minimum atomic E-state index is 0.316. The summed E-state index contributed by atoms with van der Waals surface area (Å²) in [5.41, 5.74) is 1.20. The molecule has 0 bridgehead atoms. The topological polar surface area (TPSA) is 24.5 Å². The second-order valence-corrected chi connectivity index (χ2v) is 6.38. The van der Waals surface area contributed by atoms with Crippen molar-refractivity contribution in [3.63, 3.8) is 0 Å². The average molecular weight is 311 g/mol. The van der Waals surface area contributed by atoms with Crippen molar-refractivity contribution in [1.82, 2.24) is 10.2 Å². The summed E-state index contributed by atoms with van der Waals surface area (Å²) in [5.74, 6) is 0.789. The SMILES string of the molecule is CNC(CCN(C)CC1CCOCC1)c1ccccc1Cl. The lowest BCUT2D eigenvalue weighted by Gasteiger charge is -2.28. The van der Waals surface area contributed by atoms with Crippen LogP contribution in [0.5, 0.6) is 0 Å². The minimum Gasteiger partial charge on any atom is -0.381 e. The Bertz CT molecular complexity index is 421. The number of benzene rings is 1. The monoisotopic (exact) mass is 310 g/mol. The standard InChI is InChI=1S/C17H27ClN2O/c1-19-17(15-5-3-4-6-16(15)18)7-10-20(2)13-14-8-11-21-12-9-14/h3-6,14,17,19H,7-13H2,1-2H3. The van der Waals surface area contributed by atoms with Crippen LogP contribution in [0.4, 0.5) is 0 Å². The number of nitrogens with one attached hydrogen (secondary N) is 1. The van der Waals surface area contributed by atoms with E-state index in [2.05, 4.69) is 29.4 Å². The number of rotatable bonds is 7. The summed E-state index contributed by atoms with van der Waals surface area (Å²) in [7, 11) is 4.22. The molecule has 1 aliphatic heterocycles. The van der Waals surface area contributed by atoms with Crippen molar-refractivity contribution < 1.29 is 4.74 Å². The van der Waals surface area contributed by atoms with Crippen LogP contribution in [0.1, 0.15) is 30.9 Å². The zero-order valence-corrected chi connectivity index (χ0v) is 13.9. The number of halogens is 1. The fourth-order valence-corrected chi connectivity index (χ4v) is 3.29. The van der Waals surface area contributed by atoms with E-state index in [4.69, 9.17) is 16.3 Å². The first-order chi connectivity index (χ1) is 10.2. The van der Waals surface area contributed by atoms with Crippen molar-refractivity contribution in [3.8, 4) is 0 Å². The van der Waals surface area contributed by atoms with Crippen LogP contribution < -0.4 is 5.32 Å². The minimum absolute atomic E-state index is 0.316. The summed E-state index contributed by atoms with van der Waals surface area (Å²) in [6.45, 7) is 4.10. The highest BCUT2D eigenvalue weighted by molar-refractivity contribution is 6.31. The van der Waals surface area contributed by atoms with Crippen molar-refractivity contribution in [2.75, 3.05) is 40.4 Å². The first-order valence-corrected chi connectivity index (χ1v) is 8.26. The van der Waals surface area contributed by atoms with E-state index < -0.39 is 0 Å². The molecule has 1 atom stereocenters. The van der Waals surface area contributed by atoms with Crippen molar-refractivity contribution in [3.05, 3.63) is 34.9 Å². The Balaban J connectivity index is 1.81. The molecule has 4 heteroatoms. The van der Waals surface area contributed by atoms with E-state index >= 15 is 0 Å². The largest absolute Gasteiger partial charge is 0.381 e. The molecule has 2 rings (SSSR count). The van der Waals surface area contributed by atoms with Crippen LogP contribution in [0, 0.1) is 5.92 Å².